The molecule has 0 radical (unpaired) electrons. The highest BCUT2D eigenvalue weighted by molar-refractivity contribution is 6.31. The fourth-order valence-corrected chi connectivity index (χ4v) is 5.59. The molecule has 200 valence electrons. The summed E-state index contributed by atoms with van der Waals surface area (Å²) >= 11 is 5.91. The zero-order valence-corrected chi connectivity index (χ0v) is 21.9. The molecule has 2 aliphatic rings. The Kier molecular flexibility index (Phi) is 8.09. The van der Waals surface area contributed by atoms with Crippen LogP contribution in [0.1, 0.15) is 41.6 Å². The third-order valence-electron chi connectivity index (χ3n) is 7.38. The summed E-state index contributed by atoms with van der Waals surface area (Å²) < 4.78 is 33.6. The smallest absolute Gasteiger partial charge is 0.254 e. The molecule has 1 unspecified atom stereocenters. The fraction of sp³-hybridized carbons (Fsp3) is 0.379. The summed E-state index contributed by atoms with van der Waals surface area (Å²) in [6.07, 6.45) is 6.22. The van der Waals surface area contributed by atoms with Gasteiger partial charge in [-0.2, -0.15) is 0 Å². The molecule has 1 aromatic heterocycles. The summed E-state index contributed by atoms with van der Waals surface area (Å²) in [5.74, 6) is -0.743. The highest BCUT2D eigenvalue weighted by atomic mass is 35.5. The van der Waals surface area contributed by atoms with Gasteiger partial charge < -0.3 is 20.3 Å². The number of nitrogens with zero attached hydrogens (tertiary/aromatic N) is 3. The number of amides is 1. The van der Waals surface area contributed by atoms with Gasteiger partial charge in [-0.1, -0.05) is 23.7 Å². The number of anilines is 1. The lowest BCUT2D eigenvalue weighted by atomic mass is 10.0. The van der Waals surface area contributed by atoms with Crippen molar-refractivity contribution in [1.29, 1.82) is 0 Å². The topological polar surface area (TPSA) is 71.7 Å². The van der Waals surface area contributed by atoms with E-state index in [4.69, 9.17) is 22.1 Å². The maximum atomic E-state index is 14.1. The number of halogens is 3. The molecule has 5 rings (SSSR count). The van der Waals surface area contributed by atoms with Crippen molar-refractivity contribution in [2.75, 3.05) is 38.5 Å². The van der Waals surface area contributed by atoms with E-state index in [-0.39, 0.29) is 41.4 Å². The van der Waals surface area contributed by atoms with E-state index in [1.165, 1.54) is 12.8 Å². The van der Waals surface area contributed by atoms with E-state index in [9.17, 15) is 13.6 Å². The SMILES string of the molecule is Nc1ncc(-c2cccc(C(=O)N3CCCC3CN3CCCC3)c2)cc1OCCc1c(F)ccc(F)c1Cl. The third kappa shape index (κ3) is 5.76. The highest BCUT2D eigenvalue weighted by Gasteiger charge is 2.31. The Hall–Kier alpha value is -3.23. The summed E-state index contributed by atoms with van der Waals surface area (Å²) in [6.45, 7) is 3.98. The standard InChI is InChI=1S/C29H31ClF2N4O2/c30-27-23(24(31)8-9-25(27)32)10-14-38-26-16-21(17-34-28(26)33)19-5-3-6-20(15-19)29(37)36-13-4-7-22(36)18-35-11-1-2-12-35/h3,5-6,8-9,15-17,22H,1-2,4,7,10-14,18H2,(H2,33,34). The number of nitrogens with two attached hydrogens (primary N) is 1. The Labute approximate surface area is 226 Å². The molecule has 3 heterocycles. The Morgan fingerprint density at radius 1 is 1.05 bits per heavy atom. The molecular weight excluding hydrogens is 510 g/mol. The van der Waals surface area contributed by atoms with E-state index in [0.717, 1.165) is 62.3 Å². The van der Waals surface area contributed by atoms with Gasteiger partial charge in [0, 0.05) is 48.4 Å². The average Bonchev–Trinajstić information content (AvgIpc) is 3.62. The molecule has 0 spiro atoms. The normalized spacial score (nSPS) is 17.8. The van der Waals surface area contributed by atoms with E-state index >= 15 is 0 Å². The third-order valence-corrected chi connectivity index (χ3v) is 7.79. The van der Waals surface area contributed by atoms with Crippen LogP contribution in [0, 0.1) is 11.6 Å². The second-order valence-electron chi connectivity index (χ2n) is 9.91. The largest absolute Gasteiger partial charge is 0.489 e. The van der Waals surface area contributed by atoms with E-state index in [1.54, 1.807) is 12.3 Å². The van der Waals surface area contributed by atoms with Gasteiger partial charge in [-0.15, -0.1) is 0 Å². The first-order chi connectivity index (χ1) is 18.4. The number of carbonyl (C=O) groups is 1. The van der Waals surface area contributed by atoms with Crippen molar-refractivity contribution in [2.24, 2.45) is 0 Å². The van der Waals surface area contributed by atoms with Crippen LogP contribution < -0.4 is 10.5 Å². The molecule has 2 fully saturated rings. The minimum Gasteiger partial charge on any atom is -0.489 e. The lowest BCUT2D eigenvalue weighted by Crippen LogP contribution is -2.42. The first-order valence-electron chi connectivity index (χ1n) is 13.0. The minimum atomic E-state index is -0.683. The molecule has 9 heteroatoms. The number of ether oxygens (including phenoxy) is 1. The summed E-state index contributed by atoms with van der Waals surface area (Å²) in [7, 11) is 0. The first-order valence-corrected chi connectivity index (χ1v) is 13.4. The average molecular weight is 541 g/mol. The van der Waals surface area contributed by atoms with Gasteiger partial charge in [-0.05, 0) is 74.7 Å². The molecule has 2 saturated heterocycles. The van der Waals surface area contributed by atoms with Crippen molar-refractivity contribution in [2.45, 2.75) is 38.1 Å². The van der Waals surface area contributed by atoms with Gasteiger partial charge in [-0.25, -0.2) is 13.8 Å². The van der Waals surface area contributed by atoms with Crippen LogP contribution in [0.4, 0.5) is 14.6 Å². The van der Waals surface area contributed by atoms with Crippen LogP contribution >= 0.6 is 11.6 Å². The van der Waals surface area contributed by atoms with Crippen molar-refractivity contribution in [3.63, 3.8) is 0 Å². The summed E-state index contributed by atoms with van der Waals surface area (Å²) in [5, 5.41) is -0.254. The second-order valence-corrected chi connectivity index (χ2v) is 10.3. The molecule has 1 amide bonds. The molecular formula is C29H31ClF2N4O2. The van der Waals surface area contributed by atoms with Crippen molar-refractivity contribution in [3.05, 3.63) is 76.4 Å². The van der Waals surface area contributed by atoms with Crippen molar-refractivity contribution < 1.29 is 18.3 Å². The Morgan fingerprint density at radius 2 is 1.84 bits per heavy atom. The van der Waals surface area contributed by atoms with Gasteiger partial charge in [0.2, 0.25) is 0 Å². The number of nitrogen functional groups attached to an aromatic ring is 1. The van der Waals surface area contributed by atoms with E-state index in [1.807, 2.05) is 29.2 Å². The maximum absolute atomic E-state index is 14.1. The number of pyridine rings is 1. The van der Waals surface area contributed by atoms with Crippen LogP contribution in [-0.4, -0.2) is 59.5 Å². The lowest BCUT2D eigenvalue weighted by Gasteiger charge is -2.28. The van der Waals surface area contributed by atoms with E-state index < -0.39 is 11.6 Å². The van der Waals surface area contributed by atoms with Crippen molar-refractivity contribution in [1.82, 2.24) is 14.8 Å². The van der Waals surface area contributed by atoms with Gasteiger partial charge in [0.15, 0.2) is 11.6 Å². The van der Waals surface area contributed by atoms with Gasteiger partial charge >= 0.3 is 0 Å². The van der Waals surface area contributed by atoms with Crippen LogP contribution in [0.15, 0.2) is 48.7 Å². The number of benzene rings is 2. The van der Waals surface area contributed by atoms with Gasteiger partial charge in [0.1, 0.15) is 11.6 Å². The number of hydrogen-bond acceptors (Lipinski definition) is 5. The molecule has 2 aromatic carbocycles. The lowest BCUT2D eigenvalue weighted by molar-refractivity contribution is 0.0709. The van der Waals surface area contributed by atoms with Crippen LogP contribution in [0.3, 0.4) is 0 Å². The summed E-state index contributed by atoms with van der Waals surface area (Å²) in [5.41, 5.74) is 8.23. The molecule has 2 N–H and O–H groups in total. The highest BCUT2D eigenvalue weighted by Crippen LogP contribution is 2.30. The summed E-state index contributed by atoms with van der Waals surface area (Å²) in [6, 6.07) is 11.5. The van der Waals surface area contributed by atoms with Crippen LogP contribution in [0.5, 0.6) is 5.75 Å². The molecule has 1 atom stereocenters. The Bertz CT molecular complexity index is 1320. The first kappa shape index (κ1) is 26.4. The van der Waals surface area contributed by atoms with Crippen molar-refractivity contribution >= 4 is 23.3 Å². The number of hydrogen-bond donors (Lipinski definition) is 1. The predicted octanol–water partition coefficient (Wildman–Crippen LogP) is 5.58. The molecule has 6 nitrogen and oxygen atoms in total. The maximum Gasteiger partial charge on any atom is 0.254 e. The molecule has 0 aliphatic carbocycles. The fourth-order valence-electron chi connectivity index (χ4n) is 5.34. The minimum absolute atomic E-state index is 0.0291. The number of likely N-dealkylation sites (tertiary alicyclic amines) is 2. The van der Waals surface area contributed by atoms with E-state index in [0.29, 0.717) is 11.3 Å². The molecule has 38 heavy (non-hydrogen) atoms. The zero-order valence-electron chi connectivity index (χ0n) is 21.1. The number of rotatable bonds is 8. The second kappa shape index (κ2) is 11.7. The van der Waals surface area contributed by atoms with Crippen LogP contribution in [0.2, 0.25) is 5.02 Å². The Balaban J connectivity index is 1.29. The molecule has 3 aromatic rings. The number of aromatic nitrogens is 1. The number of carbonyl (C=O) groups excluding carboxylic acids is 1. The van der Waals surface area contributed by atoms with Crippen LogP contribution in [-0.2, 0) is 6.42 Å². The van der Waals surface area contributed by atoms with Gasteiger partial charge in [0.05, 0.1) is 11.6 Å². The predicted molar refractivity (Wildman–Crippen MR) is 144 cm³/mol. The Morgan fingerprint density at radius 3 is 2.66 bits per heavy atom. The summed E-state index contributed by atoms with van der Waals surface area (Å²) in [4.78, 5) is 22.2. The molecule has 0 bridgehead atoms. The molecule has 2 aliphatic heterocycles. The van der Waals surface area contributed by atoms with Gasteiger partial charge in [0.25, 0.3) is 5.91 Å². The van der Waals surface area contributed by atoms with Crippen LogP contribution in [0.25, 0.3) is 11.1 Å². The zero-order chi connectivity index (χ0) is 26.6. The monoisotopic (exact) mass is 540 g/mol. The van der Waals surface area contributed by atoms with Crippen molar-refractivity contribution in [3.8, 4) is 16.9 Å². The van der Waals surface area contributed by atoms with E-state index in [2.05, 4.69) is 9.88 Å². The molecule has 0 saturated carbocycles. The quantitative estimate of drug-likeness (QED) is 0.377. The van der Waals surface area contributed by atoms with Gasteiger partial charge in [-0.3, -0.25) is 4.79 Å².